The highest BCUT2D eigenvalue weighted by molar-refractivity contribution is 6.11. The zero-order valence-electron chi connectivity index (χ0n) is 16.0. The number of nitrogens with zero attached hydrogens (tertiary/aromatic N) is 3. The monoisotopic (exact) mass is 363 g/mol. The predicted octanol–water partition coefficient (Wildman–Crippen LogP) is 4.06. The van der Waals surface area contributed by atoms with Crippen molar-refractivity contribution in [1.82, 2.24) is 15.0 Å². The Balaban J connectivity index is 1.73. The van der Waals surface area contributed by atoms with Crippen molar-refractivity contribution in [1.29, 1.82) is 0 Å². The quantitative estimate of drug-likeness (QED) is 0.736. The van der Waals surface area contributed by atoms with E-state index >= 15 is 0 Å². The number of fused-ring (bicyclic) bond motifs is 1. The molecule has 0 aromatic carbocycles. The number of amides is 1. The summed E-state index contributed by atoms with van der Waals surface area (Å²) in [7, 11) is 0. The van der Waals surface area contributed by atoms with Gasteiger partial charge in [0.15, 0.2) is 0 Å². The van der Waals surface area contributed by atoms with E-state index in [-0.39, 0.29) is 5.91 Å². The van der Waals surface area contributed by atoms with E-state index in [9.17, 15) is 4.79 Å². The second kappa shape index (κ2) is 7.02. The fraction of sp³-hybridized carbons (Fsp3) is 0.381. The number of hydrogen-bond acceptors (Lipinski definition) is 4. The van der Waals surface area contributed by atoms with Gasteiger partial charge in [-0.2, -0.15) is 0 Å². The fourth-order valence-corrected chi connectivity index (χ4v) is 3.95. The Hall–Kier alpha value is -2.89. The van der Waals surface area contributed by atoms with Crippen molar-refractivity contribution in [3.63, 3.8) is 0 Å². The maximum absolute atomic E-state index is 12.7. The number of aryl methyl sites for hydroxylation is 2. The van der Waals surface area contributed by atoms with Crippen molar-refractivity contribution in [2.75, 3.05) is 23.3 Å². The summed E-state index contributed by atoms with van der Waals surface area (Å²) in [4.78, 5) is 27.0. The van der Waals surface area contributed by atoms with E-state index in [0.717, 1.165) is 40.9 Å². The molecule has 0 bridgehead atoms. The van der Waals surface area contributed by atoms with E-state index in [1.807, 2.05) is 25.4 Å². The number of nitrogens with one attached hydrogen (secondary N) is 2. The minimum Gasteiger partial charge on any atom is -0.370 e. The first-order valence-electron chi connectivity index (χ1n) is 9.47. The molecule has 4 heterocycles. The van der Waals surface area contributed by atoms with E-state index in [1.165, 1.54) is 18.5 Å². The van der Waals surface area contributed by atoms with Gasteiger partial charge in [0.1, 0.15) is 5.65 Å². The fourth-order valence-electron chi connectivity index (χ4n) is 3.95. The summed E-state index contributed by atoms with van der Waals surface area (Å²) in [5.41, 5.74) is 5.38. The van der Waals surface area contributed by atoms with Crippen LogP contribution < -0.4 is 10.2 Å². The van der Waals surface area contributed by atoms with E-state index in [4.69, 9.17) is 0 Å². The second-order valence-corrected chi connectivity index (χ2v) is 7.61. The van der Waals surface area contributed by atoms with E-state index in [1.54, 1.807) is 12.4 Å². The molecule has 3 aromatic rings. The SMILES string of the molecule is Cc1cncc(C(=O)Nc2c[nH]c3ncc(C)c(N4CCC[C@@H](C)C4)c23)c1. The molecule has 0 aliphatic carbocycles. The molecule has 1 aliphatic rings. The van der Waals surface area contributed by atoms with E-state index < -0.39 is 0 Å². The average molecular weight is 363 g/mol. The number of aromatic amines is 1. The van der Waals surface area contributed by atoms with Gasteiger partial charge in [-0.3, -0.25) is 9.78 Å². The highest BCUT2D eigenvalue weighted by Crippen LogP contribution is 2.36. The molecule has 0 spiro atoms. The number of aromatic nitrogens is 3. The molecule has 27 heavy (non-hydrogen) atoms. The first kappa shape index (κ1) is 17.5. The summed E-state index contributed by atoms with van der Waals surface area (Å²) in [5.74, 6) is 0.503. The van der Waals surface area contributed by atoms with Crippen LogP contribution in [0.25, 0.3) is 11.0 Å². The second-order valence-electron chi connectivity index (χ2n) is 7.61. The van der Waals surface area contributed by atoms with Crippen LogP contribution in [0.3, 0.4) is 0 Å². The van der Waals surface area contributed by atoms with Gasteiger partial charge >= 0.3 is 0 Å². The topological polar surface area (TPSA) is 73.9 Å². The molecule has 6 nitrogen and oxygen atoms in total. The van der Waals surface area contributed by atoms with Crippen LogP contribution in [0.2, 0.25) is 0 Å². The molecule has 1 fully saturated rings. The molecular formula is C21H25N5O. The third-order valence-electron chi connectivity index (χ3n) is 5.22. The lowest BCUT2D eigenvalue weighted by molar-refractivity contribution is 0.102. The van der Waals surface area contributed by atoms with Gasteiger partial charge in [0, 0.05) is 37.9 Å². The normalized spacial score (nSPS) is 17.3. The Morgan fingerprint density at radius 1 is 1.30 bits per heavy atom. The van der Waals surface area contributed by atoms with Crippen molar-refractivity contribution in [3.8, 4) is 0 Å². The summed E-state index contributed by atoms with van der Waals surface area (Å²) in [6, 6.07) is 1.84. The summed E-state index contributed by atoms with van der Waals surface area (Å²) in [6.45, 7) is 8.37. The number of pyridine rings is 2. The van der Waals surface area contributed by atoms with Crippen molar-refractivity contribution in [2.24, 2.45) is 5.92 Å². The third-order valence-corrected chi connectivity index (χ3v) is 5.22. The van der Waals surface area contributed by atoms with Crippen LogP contribution in [0.5, 0.6) is 0 Å². The smallest absolute Gasteiger partial charge is 0.257 e. The zero-order chi connectivity index (χ0) is 19.0. The maximum atomic E-state index is 12.7. The lowest BCUT2D eigenvalue weighted by atomic mass is 9.98. The molecule has 0 unspecified atom stereocenters. The molecule has 1 aliphatic heterocycles. The Morgan fingerprint density at radius 3 is 2.93 bits per heavy atom. The Morgan fingerprint density at radius 2 is 2.15 bits per heavy atom. The molecule has 4 rings (SSSR count). The van der Waals surface area contributed by atoms with Gasteiger partial charge in [-0.05, 0) is 49.8 Å². The van der Waals surface area contributed by atoms with Crippen molar-refractivity contribution >= 4 is 28.3 Å². The molecule has 1 saturated heterocycles. The molecule has 6 heteroatoms. The third kappa shape index (κ3) is 3.39. The van der Waals surface area contributed by atoms with Crippen LogP contribution in [0.15, 0.2) is 30.9 Å². The number of carbonyl (C=O) groups is 1. The van der Waals surface area contributed by atoms with Crippen LogP contribution in [-0.4, -0.2) is 33.9 Å². The van der Waals surface area contributed by atoms with Crippen molar-refractivity contribution < 1.29 is 4.79 Å². The average Bonchev–Trinajstić information content (AvgIpc) is 3.04. The number of rotatable bonds is 3. The number of piperidine rings is 1. The first-order valence-corrected chi connectivity index (χ1v) is 9.47. The zero-order valence-corrected chi connectivity index (χ0v) is 16.0. The van der Waals surface area contributed by atoms with Gasteiger partial charge in [-0.1, -0.05) is 6.92 Å². The lowest BCUT2D eigenvalue weighted by Crippen LogP contribution is -2.34. The molecule has 0 radical (unpaired) electrons. The first-order chi connectivity index (χ1) is 13.0. The summed E-state index contributed by atoms with van der Waals surface area (Å²) in [5, 5.41) is 4.03. The highest BCUT2D eigenvalue weighted by atomic mass is 16.1. The minimum absolute atomic E-state index is 0.161. The number of hydrogen-bond donors (Lipinski definition) is 2. The highest BCUT2D eigenvalue weighted by Gasteiger charge is 2.23. The van der Waals surface area contributed by atoms with Gasteiger partial charge in [0.2, 0.25) is 0 Å². The van der Waals surface area contributed by atoms with Gasteiger partial charge in [-0.25, -0.2) is 4.98 Å². The molecular weight excluding hydrogens is 338 g/mol. The van der Waals surface area contributed by atoms with Crippen molar-refractivity contribution in [2.45, 2.75) is 33.6 Å². The number of H-pyrrole nitrogens is 1. The van der Waals surface area contributed by atoms with Gasteiger partial charge in [0.05, 0.1) is 22.3 Å². The summed E-state index contributed by atoms with van der Waals surface area (Å²) in [6.07, 6.45) is 9.52. The van der Waals surface area contributed by atoms with Crippen molar-refractivity contribution in [3.05, 3.63) is 47.5 Å². The van der Waals surface area contributed by atoms with Gasteiger partial charge < -0.3 is 15.2 Å². The van der Waals surface area contributed by atoms with Crippen LogP contribution in [-0.2, 0) is 0 Å². The number of carbonyl (C=O) groups excluding carboxylic acids is 1. The Bertz CT molecular complexity index is 993. The molecule has 0 saturated carbocycles. The summed E-state index contributed by atoms with van der Waals surface area (Å²) < 4.78 is 0. The Labute approximate surface area is 159 Å². The molecule has 1 atom stereocenters. The van der Waals surface area contributed by atoms with Gasteiger partial charge in [0.25, 0.3) is 5.91 Å². The van der Waals surface area contributed by atoms with Crippen LogP contribution in [0.4, 0.5) is 11.4 Å². The van der Waals surface area contributed by atoms with Gasteiger partial charge in [-0.15, -0.1) is 0 Å². The van der Waals surface area contributed by atoms with Crippen LogP contribution in [0.1, 0.15) is 41.3 Å². The van der Waals surface area contributed by atoms with Crippen LogP contribution in [0, 0.1) is 19.8 Å². The standard InChI is InChI=1S/C21H25N5O/c1-13-5-4-6-26(12-13)19-15(3)9-23-20-18(19)17(11-24-20)25-21(27)16-7-14(2)8-22-10-16/h7-11,13H,4-6,12H2,1-3H3,(H,23,24)(H,25,27)/t13-/m1/s1. The molecule has 140 valence electrons. The van der Waals surface area contributed by atoms with E-state index in [0.29, 0.717) is 11.5 Å². The predicted molar refractivity (Wildman–Crippen MR) is 108 cm³/mol. The van der Waals surface area contributed by atoms with E-state index in [2.05, 4.69) is 39.0 Å². The largest absolute Gasteiger partial charge is 0.370 e. The lowest BCUT2D eigenvalue weighted by Gasteiger charge is -2.34. The summed E-state index contributed by atoms with van der Waals surface area (Å²) >= 11 is 0. The molecule has 3 aromatic heterocycles. The minimum atomic E-state index is -0.161. The Kier molecular flexibility index (Phi) is 4.56. The maximum Gasteiger partial charge on any atom is 0.257 e. The van der Waals surface area contributed by atoms with Crippen LogP contribution >= 0.6 is 0 Å². The number of anilines is 2. The molecule has 1 amide bonds. The molecule has 2 N–H and O–H groups in total.